The molecule has 0 saturated heterocycles. The molecule has 0 atom stereocenters. The van der Waals surface area contributed by atoms with Crippen LogP contribution in [0.3, 0.4) is 0 Å². The lowest BCUT2D eigenvalue weighted by Crippen LogP contribution is -2.24. The van der Waals surface area contributed by atoms with Gasteiger partial charge in [-0.05, 0) is 67.4 Å². The normalized spacial score (nSPS) is 11.1. The molecule has 6 nitrogen and oxygen atoms in total. The quantitative estimate of drug-likeness (QED) is 0.294. The fourth-order valence-corrected chi connectivity index (χ4v) is 4.51. The summed E-state index contributed by atoms with van der Waals surface area (Å²) in [5.41, 5.74) is 3.32. The zero-order valence-corrected chi connectivity index (χ0v) is 19.4. The van der Waals surface area contributed by atoms with E-state index in [0.717, 1.165) is 21.3 Å². The number of benzene rings is 2. The molecule has 2 aromatic carbocycles. The van der Waals surface area contributed by atoms with E-state index in [1.54, 1.807) is 35.1 Å². The highest BCUT2D eigenvalue weighted by Crippen LogP contribution is 2.22. The predicted octanol–water partition coefficient (Wildman–Crippen LogP) is 5.15. The Labute approximate surface area is 191 Å². The molecule has 0 aliphatic heterocycles. The number of aromatic nitrogens is 2. The summed E-state index contributed by atoms with van der Waals surface area (Å²) in [6.07, 6.45) is 1.57. The van der Waals surface area contributed by atoms with Crippen LogP contribution < -0.4 is 10.9 Å². The van der Waals surface area contributed by atoms with Crippen LogP contribution in [0, 0.1) is 13.8 Å². The molecule has 4 aromatic rings. The number of carbonyl (C=O) groups excluding carboxylic acids is 1. The van der Waals surface area contributed by atoms with E-state index in [4.69, 9.17) is 4.42 Å². The second kappa shape index (κ2) is 9.11. The van der Waals surface area contributed by atoms with Crippen LogP contribution in [0.4, 0.5) is 5.69 Å². The van der Waals surface area contributed by atoms with Gasteiger partial charge in [-0.1, -0.05) is 33.8 Å². The molecule has 0 bridgehead atoms. The first-order valence-corrected chi connectivity index (χ1v) is 11.4. The minimum absolute atomic E-state index is 0.125. The van der Waals surface area contributed by atoms with Gasteiger partial charge in [-0.15, -0.1) is 0 Å². The summed E-state index contributed by atoms with van der Waals surface area (Å²) >= 11 is 4.63. The van der Waals surface area contributed by atoms with Crippen LogP contribution in [-0.2, 0) is 11.3 Å². The molecular weight excluding hydrogens is 478 g/mol. The Morgan fingerprint density at radius 3 is 2.65 bits per heavy atom. The molecular formula is C23H20BrN3O3S. The molecule has 31 heavy (non-hydrogen) atoms. The number of thioether (sulfide) groups is 1. The maximum Gasteiger partial charge on any atom is 0.262 e. The van der Waals surface area contributed by atoms with Gasteiger partial charge in [0, 0.05) is 10.2 Å². The van der Waals surface area contributed by atoms with Crippen LogP contribution in [-0.4, -0.2) is 21.2 Å². The summed E-state index contributed by atoms with van der Waals surface area (Å²) in [6, 6.07) is 14.9. The van der Waals surface area contributed by atoms with Crippen molar-refractivity contribution in [1.82, 2.24) is 9.55 Å². The lowest BCUT2D eigenvalue weighted by Gasteiger charge is -2.13. The standard InChI is InChI=1S/C23H20BrN3O3S/c1-14-8-15(2)10-17(9-14)25-21(28)13-31-23-26-20-6-5-16(24)11-19(20)22(29)27(23)12-18-4-3-7-30-18/h3-11H,12-13H2,1-2H3,(H,25,28). The van der Waals surface area contributed by atoms with Crippen molar-refractivity contribution in [2.24, 2.45) is 0 Å². The van der Waals surface area contributed by atoms with Gasteiger partial charge in [-0.2, -0.15) is 0 Å². The third-order valence-corrected chi connectivity index (χ3v) is 6.08. The number of carbonyl (C=O) groups is 1. The molecule has 0 aliphatic carbocycles. The highest BCUT2D eigenvalue weighted by Gasteiger charge is 2.15. The van der Waals surface area contributed by atoms with E-state index in [-0.39, 0.29) is 23.8 Å². The minimum Gasteiger partial charge on any atom is -0.467 e. The Balaban J connectivity index is 1.61. The van der Waals surface area contributed by atoms with Crippen LogP contribution >= 0.6 is 27.7 Å². The first kappa shape index (κ1) is 21.4. The van der Waals surface area contributed by atoms with Gasteiger partial charge in [-0.25, -0.2) is 4.98 Å². The van der Waals surface area contributed by atoms with E-state index in [0.29, 0.717) is 21.8 Å². The summed E-state index contributed by atoms with van der Waals surface area (Å²) in [7, 11) is 0. The lowest BCUT2D eigenvalue weighted by atomic mass is 10.1. The lowest BCUT2D eigenvalue weighted by molar-refractivity contribution is -0.113. The Morgan fingerprint density at radius 1 is 1.16 bits per heavy atom. The van der Waals surface area contributed by atoms with Gasteiger partial charge in [0.2, 0.25) is 5.91 Å². The van der Waals surface area contributed by atoms with Gasteiger partial charge in [0.1, 0.15) is 5.76 Å². The summed E-state index contributed by atoms with van der Waals surface area (Å²) < 4.78 is 7.77. The van der Waals surface area contributed by atoms with Crippen molar-refractivity contribution in [3.05, 3.63) is 86.5 Å². The van der Waals surface area contributed by atoms with Crippen molar-refractivity contribution in [1.29, 1.82) is 0 Å². The third-order valence-electron chi connectivity index (χ3n) is 4.61. The fourth-order valence-electron chi connectivity index (χ4n) is 3.35. The van der Waals surface area contributed by atoms with E-state index in [9.17, 15) is 9.59 Å². The molecule has 4 rings (SSSR count). The van der Waals surface area contributed by atoms with E-state index >= 15 is 0 Å². The van der Waals surface area contributed by atoms with Crippen molar-refractivity contribution in [3.8, 4) is 0 Å². The average Bonchev–Trinajstić information content (AvgIpc) is 3.22. The number of nitrogens with one attached hydrogen (secondary N) is 1. The molecule has 0 unspecified atom stereocenters. The van der Waals surface area contributed by atoms with Gasteiger partial charge in [0.25, 0.3) is 5.56 Å². The largest absolute Gasteiger partial charge is 0.467 e. The van der Waals surface area contributed by atoms with E-state index in [1.165, 1.54) is 11.8 Å². The summed E-state index contributed by atoms with van der Waals surface area (Å²) in [4.78, 5) is 30.4. The number of amides is 1. The van der Waals surface area contributed by atoms with E-state index in [1.807, 2.05) is 32.0 Å². The van der Waals surface area contributed by atoms with E-state index < -0.39 is 0 Å². The van der Waals surface area contributed by atoms with Crippen LogP contribution in [0.25, 0.3) is 10.9 Å². The summed E-state index contributed by atoms with van der Waals surface area (Å²) in [6.45, 7) is 4.21. The molecule has 2 heterocycles. The number of furan rings is 1. The van der Waals surface area contributed by atoms with Gasteiger partial charge in [0.15, 0.2) is 5.16 Å². The topological polar surface area (TPSA) is 77.1 Å². The van der Waals surface area contributed by atoms with Crippen molar-refractivity contribution in [3.63, 3.8) is 0 Å². The first-order chi connectivity index (χ1) is 14.9. The molecule has 0 spiro atoms. The highest BCUT2D eigenvalue weighted by molar-refractivity contribution is 9.10. The molecule has 0 radical (unpaired) electrons. The molecule has 8 heteroatoms. The maximum absolute atomic E-state index is 13.2. The summed E-state index contributed by atoms with van der Waals surface area (Å²) in [5.74, 6) is 0.601. The van der Waals surface area contributed by atoms with E-state index in [2.05, 4.69) is 32.3 Å². The monoisotopic (exact) mass is 497 g/mol. The van der Waals surface area contributed by atoms with Crippen molar-refractivity contribution in [2.75, 3.05) is 11.1 Å². The molecule has 0 saturated carbocycles. The van der Waals surface area contributed by atoms with Gasteiger partial charge in [0.05, 0.1) is 29.5 Å². The molecule has 2 aromatic heterocycles. The number of aryl methyl sites for hydroxylation is 2. The van der Waals surface area contributed by atoms with Crippen molar-refractivity contribution >= 4 is 50.2 Å². The molecule has 0 fully saturated rings. The summed E-state index contributed by atoms with van der Waals surface area (Å²) in [5, 5.41) is 3.89. The Morgan fingerprint density at radius 2 is 1.94 bits per heavy atom. The number of nitrogens with zero attached hydrogens (tertiary/aromatic N) is 2. The van der Waals surface area contributed by atoms with Gasteiger partial charge >= 0.3 is 0 Å². The SMILES string of the molecule is Cc1cc(C)cc(NC(=O)CSc2nc3ccc(Br)cc3c(=O)n2Cc2ccco2)c1. The number of rotatable bonds is 6. The molecule has 1 N–H and O–H groups in total. The van der Waals surface area contributed by atoms with Gasteiger partial charge in [-0.3, -0.25) is 14.2 Å². The third kappa shape index (κ3) is 5.08. The number of fused-ring (bicyclic) bond motifs is 1. The van der Waals surface area contributed by atoms with Crippen LogP contribution in [0.2, 0.25) is 0 Å². The Hall–Kier alpha value is -2.84. The fraction of sp³-hybridized carbons (Fsp3) is 0.174. The Kier molecular flexibility index (Phi) is 6.29. The van der Waals surface area contributed by atoms with Crippen LogP contribution in [0.15, 0.2) is 73.6 Å². The smallest absolute Gasteiger partial charge is 0.262 e. The predicted molar refractivity (Wildman–Crippen MR) is 127 cm³/mol. The highest BCUT2D eigenvalue weighted by atomic mass is 79.9. The van der Waals surface area contributed by atoms with Crippen LogP contribution in [0.1, 0.15) is 16.9 Å². The second-order valence-electron chi connectivity index (χ2n) is 7.24. The van der Waals surface area contributed by atoms with Gasteiger partial charge < -0.3 is 9.73 Å². The minimum atomic E-state index is -0.181. The number of anilines is 1. The number of hydrogen-bond acceptors (Lipinski definition) is 5. The second-order valence-corrected chi connectivity index (χ2v) is 9.10. The maximum atomic E-state index is 13.2. The zero-order valence-electron chi connectivity index (χ0n) is 17.0. The number of halogens is 1. The molecule has 1 amide bonds. The number of hydrogen-bond donors (Lipinski definition) is 1. The molecule has 0 aliphatic rings. The van der Waals surface area contributed by atoms with Crippen molar-refractivity contribution in [2.45, 2.75) is 25.5 Å². The first-order valence-electron chi connectivity index (χ1n) is 9.62. The average molecular weight is 498 g/mol. The Bertz CT molecular complexity index is 1300. The molecule has 158 valence electrons. The van der Waals surface area contributed by atoms with Crippen LogP contribution in [0.5, 0.6) is 0 Å². The zero-order chi connectivity index (χ0) is 22.0. The van der Waals surface area contributed by atoms with Crippen molar-refractivity contribution < 1.29 is 9.21 Å².